The molecule has 2 aliphatic rings. The van der Waals surface area contributed by atoms with Crippen LogP contribution in [-0.4, -0.2) is 63.2 Å². The lowest BCUT2D eigenvalue weighted by Crippen LogP contribution is -2.63. The molecular formula is C21H26N2O8S2. The topological polar surface area (TPSA) is 135 Å². The molecule has 33 heavy (non-hydrogen) atoms. The summed E-state index contributed by atoms with van der Waals surface area (Å²) in [4.78, 5) is 44.0. The molecular weight excluding hydrogens is 472 g/mol. The van der Waals surface area contributed by atoms with Crippen LogP contribution in [0.5, 0.6) is 0 Å². The van der Waals surface area contributed by atoms with E-state index in [0.29, 0.717) is 10.6 Å². The lowest BCUT2D eigenvalue weighted by Gasteiger charge is -2.46. The van der Waals surface area contributed by atoms with Crippen LogP contribution in [0.3, 0.4) is 0 Å². The van der Waals surface area contributed by atoms with E-state index in [1.807, 2.05) is 6.92 Å². The third-order valence-corrected chi connectivity index (χ3v) is 7.26. The Morgan fingerprint density at radius 3 is 2.73 bits per heavy atom. The standard InChI is InChI=1S/C21H26N2O8S2/c1-5-29-21(28)31-12(4)30-20(27)17-18(32-7-6-14-13(8-24)22-9-33-14)10(2)16-15(11(3)25)19(26)23(16)17/h6-7,9-12,15-16,24-25H,5,8H2,1-4H3/b7-6-/t10-,11-,12?,15-,16-/m1/s1. The molecule has 12 heteroatoms. The molecule has 1 amide bonds. The van der Waals surface area contributed by atoms with E-state index < -0.39 is 30.4 Å². The number of aliphatic hydroxyl groups excluding tert-OH is 2. The number of ether oxygens (including phenoxy) is 3. The Hall–Kier alpha value is -2.41. The van der Waals surface area contributed by atoms with Gasteiger partial charge in [0.2, 0.25) is 12.2 Å². The van der Waals surface area contributed by atoms with Crippen molar-refractivity contribution in [3.05, 3.63) is 32.1 Å². The second-order valence-electron chi connectivity index (χ2n) is 7.48. The van der Waals surface area contributed by atoms with Gasteiger partial charge in [0.1, 0.15) is 5.70 Å². The molecule has 3 rings (SSSR count). The lowest BCUT2D eigenvalue weighted by molar-refractivity contribution is -0.173. The summed E-state index contributed by atoms with van der Waals surface area (Å²) >= 11 is 2.61. The van der Waals surface area contributed by atoms with Crippen LogP contribution in [0.15, 0.2) is 21.5 Å². The van der Waals surface area contributed by atoms with Crippen LogP contribution in [0.4, 0.5) is 4.79 Å². The highest BCUT2D eigenvalue weighted by Crippen LogP contribution is 2.51. The van der Waals surface area contributed by atoms with E-state index >= 15 is 0 Å². The fourth-order valence-electron chi connectivity index (χ4n) is 3.89. The predicted molar refractivity (Wildman–Crippen MR) is 120 cm³/mol. The normalized spacial score (nSPS) is 23.9. The number of thiazole rings is 1. The van der Waals surface area contributed by atoms with Crippen LogP contribution in [0.1, 0.15) is 38.3 Å². The first-order chi connectivity index (χ1) is 15.7. The summed E-state index contributed by atoms with van der Waals surface area (Å²) in [5.41, 5.74) is 2.23. The van der Waals surface area contributed by atoms with Gasteiger partial charge < -0.3 is 29.3 Å². The molecule has 0 radical (unpaired) electrons. The van der Waals surface area contributed by atoms with Crippen LogP contribution in [0.2, 0.25) is 0 Å². The van der Waals surface area contributed by atoms with Crippen molar-refractivity contribution in [3.63, 3.8) is 0 Å². The van der Waals surface area contributed by atoms with Gasteiger partial charge in [-0.05, 0) is 25.3 Å². The van der Waals surface area contributed by atoms with E-state index in [2.05, 4.69) is 9.72 Å². The summed E-state index contributed by atoms with van der Waals surface area (Å²) in [5, 5.41) is 21.2. The quantitative estimate of drug-likeness (QED) is 0.297. The molecule has 1 aromatic rings. The highest BCUT2D eigenvalue weighted by atomic mass is 32.2. The molecule has 0 saturated carbocycles. The first-order valence-electron chi connectivity index (χ1n) is 10.4. The third kappa shape index (κ3) is 5.08. The first kappa shape index (κ1) is 25.2. The van der Waals surface area contributed by atoms with Gasteiger partial charge in [0.25, 0.3) is 0 Å². The van der Waals surface area contributed by atoms with E-state index in [-0.39, 0.29) is 36.8 Å². The Labute approximate surface area is 199 Å². The number of esters is 1. The highest BCUT2D eigenvalue weighted by Gasteiger charge is 2.60. The van der Waals surface area contributed by atoms with Crippen LogP contribution in [0.25, 0.3) is 6.08 Å². The molecule has 0 aromatic carbocycles. The Kier molecular flexibility index (Phi) is 8.16. The molecule has 0 bridgehead atoms. The maximum absolute atomic E-state index is 13.0. The smallest absolute Gasteiger partial charge is 0.435 e. The number of aromatic nitrogens is 1. The molecule has 2 aliphatic heterocycles. The number of hydrogen-bond donors (Lipinski definition) is 2. The van der Waals surface area contributed by atoms with Crippen LogP contribution in [0, 0.1) is 11.8 Å². The van der Waals surface area contributed by atoms with Gasteiger partial charge in [-0.25, -0.2) is 14.6 Å². The van der Waals surface area contributed by atoms with Crippen molar-refractivity contribution < 1.29 is 38.8 Å². The number of carbonyl (C=O) groups excluding carboxylic acids is 3. The maximum atomic E-state index is 13.0. The number of aliphatic hydroxyl groups is 2. The molecule has 1 aromatic heterocycles. The van der Waals surface area contributed by atoms with Crippen molar-refractivity contribution in [2.24, 2.45) is 11.8 Å². The van der Waals surface area contributed by atoms with Gasteiger partial charge in [0, 0.05) is 17.7 Å². The number of rotatable bonds is 9. The molecule has 10 nitrogen and oxygen atoms in total. The van der Waals surface area contributed by atoms with Crippen LogP contribution in [-0.2, 0) is 30.4 Å². The Morgan fingerprint density at radius 1 is 1.36 bits per heavy atom. The van der Waals surface area contributed by atoms with Gasteiger partial charge in [-0.3, -0.25) is 4.79 Å². The first-order valence-corrected chi connectivity index (χ1v) is 12.1. The van der Waals surface area contributed by atoms with Crippen molar-refractivity contribution in [3.8, 4) is 0 Å². The van der Waals surface area contributed by atoms with E-state index in [0.717, 1.165) is 4.88 Å². The second-order valence-corrected chi connectivity index (χ2v) is 9.32. The average Bonchev–Trinajstić information content (AvgIpc) is 3.28. The van der Waals surface area contributed by atoms with E-state index in [1.54, 1.807) is 30.8 Å². The Bertz CT molecular complexity index is 973. The number of nitrogens with zero attached hydrogens (tertiary/aromatic N) is 2. The minimum absolute atomic E-state index is 0.0649. The fourth-order valence-corrected chi connectivity index (χ4v) is 5.67. The Morgan fingerprint density at radius 2 is 2.09 bits per heavy atom. The highest BCUT2D eigenvalue weighted by molar-refractivity contribution is 8.06. The SMILES string of the molecule is CCOC(=O)OC(C)OC(=O)C1=C(S/C=C\c2scnc2CO)[C@H](C)[C@@H]2[C@@H]([C@@H](C)O)C(=O)N12. The van der Waals surface area contributed by atoms with Gasteiger partial charge in [0.15, 0.2) is 0 Å². The number of amides is 1. The van der Waals surface area contributed by atoms with Crippen LogP contribution < -0.4 is 0 Å². The zero-order valence-electron chi connectivity index (χ0n) is 18.6. The zero-order valence-corrected chi connectivity index (χ0v) is 20.2. The molecule has 1 fully saturated rings. The minimum Gasteiger partial charge on any atom is -0.435 e. The van der Waals surface area contributed by atoms with Gasteiger partial charge in [-0.15, -0.1) is 11.3 Å². The second kappa shape index (κ2) is 10.7. The number of fused-ring (bicyclic) bond motifs is 1. The summed E-state index contributed by atoms with van der Waals surface area (Å²) in [5.74, 6) is -2.04. The predicted octanol–water partition coefficient (Wildman–Crippen LogP) is 2.47. The molecule has 180 valence electrons. The summed E-state index contributed by atoms with van der Waals surface area (Å²) in [6.07, 6.45) is -1.30. The molecule has 5 atom stereocenters. The monoisotopic (exact) mass is 498 g/mol. The number of thioether (sulfide) groups is 1. The fraction of sp³-hybridized carbons (Fsp3) is 0.524. The Balaban J connectivity index is 1.83. The summed E-state index contributed by atoms with van der Waals surface area (Å²) in [6, 6.07) is -0.381. The summed E-state index contributed by atoms with van der Waals surface area (Å²) in [7, 11) is 0. The minimum atomic E-state index is -1.23. The van der Waals surface area contributed by atoms with E-state index in [4.69, 9.17) is 9.47 Å². The largest absolute Gasteiger partial charge is 0.511 e. The van der Waals surface area contributed by atoms with Crippen LogP contribution >= 0.6 is 23.1 Å². The molecule has 0 spiro atoms. The van der Waals surface area contributed by atoms with Gasteiger partial charge in [-0.1, -0.05) is 18.7 Å². The summed E-state index contributed by atoms with van der Waals surface area (Å²) < 4.78 is 14.8. The van der Waals surface area contributed by atoms with Crippen molar-refractivity contribution in [1.29, 1.82) is 0 Å². The van der Waals surface area contributed by atoms with Crippen molar-refractivity contribution >= 4 is 47.2 Å². The summed E-state index contributed by atoms with van der Waals surface area (Å²) in [6.45, 7) is 6.32. The maximum Gasteiger partial charge on any atom is 0.511 e. The van der Waals surface area contributed by atoms with E-state index in [9.17, 15) is 24.6 Å². The number of β-lactam (4-membered cyclic amide) rings is 1. The molecule has 1 unspecified atom stereocenters. The van der Waals surface area contributed by atoms with E-state index in [1.165, 1.54) is 34.9 Å². The zero-order chi connectivity index (χ0) is 24.3. The number of hydrogen-bond acceptors (Lipinski definition) is 11. The lowest BCUT2D eigenvalue weighted by atomic mass is 9.79. The average molecular weight is 499 g/mol. The van der Waals surface area contributed by atoms with Gasteiger partial charge in [-0.2, -0.15) is 0 Å². The molecule has 0 aliphatic carbocycles. The molecule has 1 saturated heterocycles. The van der Waals surface area contributed by atoms with Gasteiger partial charge in [0.05, 0.1) is 47.4 Å². The molecule has 2 N–H and O–H groups in total. The van der Waals surface area contributed by atoms with Crippen molar-refractivity contribution in [2.75, 3.05) is 6.61 Å². The third-order valence-electron chi connectivity index (χ3n) is 5.34. The van der Waals surface area contributed by atoms with Crippen molar-refractivity contribution in [1.82, 2.24) is 9.88 Å². The van der Waals surface area contributed by atoms with Crippen molar-refractivity contribution in [2.45, 2.75) is 52.7 Å². The molecule has 3 heterocycles. The van der Waals surface area contributed by atoms with Gasteiger partial charge >= 0.3 is 12.1 Å². The number of carbonyl (C=O) groups is 3.